The highest BCUT2D eigenvalue weighted by atomic mass is 35.5. The van der Waals surface area contributed by atoms with Gasteiger partial charge in [-0.25, -0.2) is 0 Å². The predicted octanol–water partition coefficient (Wildman–Crippen LogP) is 7.63. The van der Waals surface area contributed by atoms with Gasteiger partial charge in [0, 0.05) is 28.0 Å². The van der Waals surface area contributed by atoms with Crippen molar-refractivity contribution in [3.63, 3.8) is 0 Å². The highest BCUT2D eigenvalue weighted by molar-refractivity contribution is 6.37. The molecule has 4 unspecified atom stereocenters. The zero-order valence-electron chi connectivity index (χ0n) is 21.4. The lowest BCUT2D eigenvalue weighted by Crippen LogP contribution is -2.49. The van der Waals surface area contributed by atoms with Crippen LogP contribution < -0.4 is 5.32 Å². The summed E-state index contributed by atoms with van der Waals surface area (Å²) in [6, 6.07) is 24.7. The number of amides is 1. The second kappa shape index (κ2) is 9.59. The number of hydrogen-bond donors (Lipinski definition) is 1. The first-order chi connectivity index (χ1) is 19.8. The maximum Gasteiger partial charge on any atom is 0.238 e. The Kier molecular flexibility index (Phi) is 6.09. The van der Waals surface area contributed by atoms with Crippen molar-refractivity contribution in [1.82, 2.24) is 4.90 Å². The van der Waals surface area contributed by atoms with Gasteiger partial charge in [-0.15, -0.1) is 0 Å². The van der Waals surface area contributed by atoms with Gasteiger partial charge in [0.25, 0.3) is 0 Å². The Hall–Kier alpha value is -3.90. The van der Waals surface area contributed by atoms with E-state index in [1.807, 2.05) is 65.7 Å². The van der Waals surface area contributed by atoms with Gasteiger partial charge < -0.3 is 10.2 Å². The lowest BCUT2D eigenvalue weighted by Gasteiger charge is -2.38. The maximum absolute atomic E-state index is 14.8. The standard InChI is InChI=1S/C33H21Cl3N2O3/c34-19-13-14-22(25(36)17-19)29(39)27-28(30(40)21-9-3-5-11-24(21)35)38-16-15-18-7-1-2-8-20(18)31(38)33(27)23-10-4-6-12-26(23)37-32(33)41/h1-17,27-28,31H,(H,37,41). The van der Waals surface area contributed by atoms with Crippen LogP contribution in [0, 0.1) is 5.92 Å². The molecule has 4 aromatic carbocycles. The van der Waals surface area contributed by atoms with Crippen molar-refractivity contribution in [1.29, 1.82) is 0 Å². The molecule has 1 amide bonds. The molecule has 3 aliphatic heterocycles. The van der Waals surface area contributed by atoms with E-state index in [9.17, 15) is 14.4 Å². The molecule has 0 aliphatic carbocycles. The molecule has 1 N–H and O–H groups in total. The third-order valence-corrected chi connectivity index (χ3v) is 9.33. The number of carbonyl (C=O) groups is 3. The van der Waals surface area contributed by atoms with Crippen LogP contribution in [0.25, 0.3) is 6.08 Å². The van der Waals surface area contributed by atoms with Crippen molar-refractivity contribution in [3.05, 3.63) is 140 Å². The zero-order chi connectivity index (χ0) is 28.5. The number of hydrogen-bond acceptors (Lipinski definition) is 4. The minimum Gasteiger partial charge on any atom is -0.358 e. The van der Waals surface area contributed by atoms with Crippen LogP contribution in [0.5, 0.6) is 0 Å². The van der Waals surface area contributed by atoms with E-state index in [1.165, 1.54) is 6.07 Å². The smallest absolute Gasteiger partial charge is 0.238 e. The fraction of sp³-hybridized carbons (Fsp3) is 0.121. The summed E-state index contributed by atoms with van der Waals surface area (Å²) >= 11 is 19.3. The Bertz CT molecular complexity index is 1820. The van der Waals surface area contributed by atoms with Crippen LogP contribution in [0.2, 0.25) is 15.1 Å². The van der Waals surface area contributed by atoms with Gasteiger partial charge in [-0.2, -0.15) is 0 Å². The van der Waals surface area contributed by atoms with E-state index in [1.54, 1.807) is 36.4 Å². The van der Waals surface area contributed by atoms with E-state index in [2.05, 4.69) is 5.32 Å². The maximum atomic E-state index is 14.8. The lowest BCUT2D eigenvalue weighted by atomic mass is 9.62. The molecule has 5 nitrogen and oxygen atoms in total. The van der Waals surface area contributed by atoms with E-state index in [4.69, 9.17) is 34.8 Å². The molecule has 7 rings (SSSR count). The van der Waals surface area contributed by atoms with Crippen LogP contribution >= 0.6 is 34.8 Å². The van der Waals surface area contributed by atoms with Crippen LogP contribution in [-0.4, -0.2) is 28.4 Å². The minimum atomic E-state index is -1.46. The Balaban J connectivity index is 1.56. The highest BCUT2D eigenvalue weighted by Crippen LogP contribution is 2.62. The SMILES string of the molecule is O=C(c1ccccc1Cl)C1C(C(=O)c2ccc(Cl)cc2Cl)C2(C(=O)Nc3ccccc32)C2c3ccccc3C=CN12. The van der Waals surface area contributed by atoms with E-state index in [0.29, 0.717) is 16.3 Å². The first-order valence-corrected chi connectivity index (χ1v) is 14.2. The third-order valence-electron chi connectivity index (χ3n) is 8.46. The van der Waals surface area contributed by atoms with Crippen LogP contribution in [0.15, 0.2) is 97.2 Å². The zero-order valence-corrected chi connectivity index (χ0v) is 23.6. The van der Waals surface area contributed by atoms with Gasteiger partial charge in [0.05, 0.1) is 22.0 Å². The molecule has 4 atom stereocenters. The number of ketones is 2. The monoisotopic (exact) mass is 598 g/mol. The van der Waals surface area contributed by atoms with Crippen molar-refractivity contribution in [2.75, 3.05) is 5.32 Å². The largest absolute Gasteiger partial charge is 0.358 e. The average molecular weight is 600 g/mol. The molecule has 0 saturated carbocycles. The number of anilines is 1. The number of nitrogens with zero attached hydrogens (tertiary/aromatic N) is 1. The van der Waals surface area contributed by atoms with Crippen LogP contribution in [0.3, 0.4) is 0 Å². The lowest BCUT2D eigenvalue weighted by molar-refractivity contribution is -0.122. The molecule has 0 bridgehead atoms. The Morgan fingerprint density at radius 1 is 0.780 bits per heavy atom. The molecule has 1 fully saturated rings. The quantitative estimate of drug-likeness (QED) is 0.245. The third kappa shape index (κ3) is 3.66. The summed E-state index contributed by atoms with van der Waals surface area (Å²) in [5.41, 5.74) is 2.01. The topological polar surface area (TPSA) is 66.5 Å². The van der Waals surface area contributed by atoms with Crippen LogP contribution in [0.4, 0.5) is 5.69 Å². The van der Waals surface area contributed by atoms with E-state index >= 15 is 0 Å². The van der Waals surface area contributed by atoms with Gasteiger partial charge in [-0.1, -0.05) is 89.4 Å². The van der Waals surface area contributed by atoms with Gasteiger partial charge >= 0.3 is 0 Å². The summed E-state index contributed by atoms with van der Waals surface area (Å²) in [5.74, 6) is -2.29. The van der Waals surface area contributed by atoms with Gasteiger partial charge in [-0.3, -0.25) is 14.4 Å². The number of rotatable bonds is 4. The predicted molar refractivity (Wildman–Crippen MR) is 161 cm³/mol. The first-order valence-electron chi connectivity index (χ1n) is 13.1. The van der Waals surface area contributed by atoms with Gasteiger partial charge in [0.15, 0.2) is 11.6 Å². The molecule has 0 radical (unpaired) electrons. The Morgan fingerprint density at radius 3 is 2.29 bits per heavy atom. The van der Waals surface area contributed by atoms with Crippen molar-refractivity contribution in [3.8, 4) is 0 Å². The fourth-order valence-corrected chi connectivity index (χ4v) is 7.58. The molecule has 1 saturated heterocycles. The molecule has 3 aliphatic rings. The Labute approximate surface area is 251 Å². The average Bonchev–Trinajstić information content (AvgIpc) is 3.45. The summed E-state index contributed by atoms with van der Waals surface area (Å²) in [4.78, 5) is 45.8. The molecule has 3 heterocycles. The number of fused-ring (bicyclic) bond motifs is 6. The Morgan fingerprint density at radius 2 is 1.49 bits per heavy atom. The molecule has 4 aromatic rings. The number of carbonyl (C=O) groups excluding carboxylic acids is 3. The summed E-state index contributed by atoms with van der Waals surface area (Å²) in [6.07, 6.45) is 3.73. The van der Waals surface area contributed by atoms with Crippen molar-refractivity contribution >= 4 is 64.0 Å². The number of nitrogens with one attached hydrogen (secondary N) is 1. The molecule has 41 heavy (non-hydrogen) atoms. The number of para-hydroxylation sites is 1. The molecule has 1 spiro atoms. The van der Waals surface area contributed by atoms with Gasteiger partial charge in [0.2, 0.25) is 5.91 Å². The van der Waals surface area contributed by atoms with Crippen molar-refractivity contribution < 1.29 is 14.4 Å². The molecule has 0 aromatic heterocycles. The van der Waals surface area contributed by atoms with E-state index in [0.717, 1.165) is 11.1 Å². The number of benzene rings is 4. The molecule has 8 heteroatoms. The molecular formula is C33H21Cl3N2O3. The summed E-state index contributed by atoms with van der Waals surface area (Å²) < 4.78 is 0. The normalized spacial score (nSPS) is 23.6. The summed E-state index contributed by atoms with van der Waals surface area (Å²) in [6.45, 7) is 0. The van der Waals surface area contributed by atoms with Gasteiger partial charge in [0.1, 0.15) is 11.5 Å². The summed E-state index contributed by atoms with van der Waals surface area (Å²) in [7, 11) is 0. The van der Waals surface area contributed by atoms with Gasteiger partial charge in [-0.05, 0) is 59.2 Å². The van der Waals surface area contributed by atoms with E-state index in [-0.39, 0.29) is 32.9 Å². The van der Waals surface area contributed by atoms with Crippen molar-refractivity contribution in [2.24, 2.45) is 5.92 Å². The second-order valence-electron chi connectivity index (χ2n) is 10.4. The molecule has 202 valence electrons. The fourth-order valence-electron chi connectivity index (χ4n) is 6.84. The van der Waals surface area contributed by atoms with Crippen molar-refractivity contribution in [2.45, 2.75) is 17.5 Å². The van der Waals surface area contributed by atoms with E-state index < -0.39 is 29.2 Å². The molecular weight excluding hydrogens is 579 g/mol. The second-order valence-corrected chi connectivity index (χ2v) is 11.7. The van der Waals surface area contributed by atoms with Crippen LogP contribution in [0.1, 0.15) is 43.4 Å². The summed E-state index contributed by atoms with van der Waals surface area (Å²) in [5, 5.41) is 3.82. The van der Waals surface area contributed by atoms with Crippen LogP contribution in [-0.2, 0) is 10.2 Å². The minimum absolute atomic E-state index is 0.147. The number of halogens is 3. The number of Topliss-reactive ketones (excluding diaryl/α,β-unsaturated/α-hetero) is 2. The first kappa shape index (κ1) is 26.0. The highest BCUT2D eigenvalue weighted by Gasteiger charge is 2.70.